The first-order valence-corrected chi connectivity index (χ1v) is 4.26. The molecule has 0 saturated carbocycles. The first-order chi connectivity index (χ1) is 5.77. The van der Waals surface area contributed by atoms with E-state index in [0.29, 0.717) is 5.92 Å². The molecule has 0 unspecified atom stereocenters. The Morgan fingerprint density at radius 2 is 1.92 bits per heavy atom. The van der Waals surface area contributed by atoms with Crippen molar-refractivity contribution < 1.29 is 4.42 Å². The highest BCUT2D eigenvalue weighted by Gasteiger charge is 2.07. The van der Waals surface area contributed by atoms with Gasteiger partial charge in [-0.2, -0.15) is 0 Å². The lowest BCUT2D eigenvalue weighted by atomic mass is 10.1. The Bertz CT molecular complexity index is 346. The number of hydrogen-bond acceptors (Lipinski definition) is 1. The van der Waals surface area contributed by atoms with Gasteiger partial charge in [-0.25, -0.2) is 0 Å². The van der Waals surface area contributed by atoms with E-state index in [1.807, 2.05) is 18.2 Å². The predicted octanol–water partition coefficient (Wildman–Crippen LogP) is 3.51. The third kappa shape index (κ3) is 1.11. The molecule has 0 aromatic heterocycles. The maximum Gasteiger partial charge on any atom is 0.134 e. The summed E-state index contributed by atoms with van der Waals surface area (Å²) in [6.07, 6.45) is 0. The molecule has 0 fully saturated rings. The monoisotopic (exact) mass is 160 g/mol. The summed E-state index contributed by atoms with van der Waals surface area (Å²) in [4.78, 5) is 0. The summed E-state index contributed by atoms with van der Waals surface area (Å²) in [5, 5.41) is 0. The molecule has 1 nitrogen and oxygen atoms in total. The smallest absolute Gasteiger partial charge is 0.134 e. The maximum atomic E-state index is 5.66. The third-order valence-electron chi connectivity index (χ3n) is 2.03. The molecule has 0 radical (unpaired) electrons. The highest BCUT2D eigenvalue weighted by atomic mass is 16.3. The van der Waals surface area contributed by atoms with Crippen LogP contribution >= 0.6 is 0 Å². The normalized spacial score (nSPS) is 11.2. The zero-order valence-electron chi connectivity index (χ0n) is 7.37. The molecule has 0 aromatic rings. The van der Waals surface area contributed by atoms with Crippen molar-refractivity contribution in [3.05, 3.63) is 36.1 Å². The van der Waals surface area contributed by atoms with Crippen molar-refractivity contribution in [1.29, 1.82) is 0 Å². The summed E-state index contributed by atoms with van der Waals surface area (Å²) in [6.45, 7) is 4.27. The van der Waals surface area contributed by atoms with Crippen LogP contribution in [0.3, 0.4) is 0 Å². The molecule has 0 N–H and O–H groups in total. The quantitative estimate of drug-likeness (QED) is 0.622. The molecule has 2 rings (SSSR count). The SMILES string of the molecule is CC(C)c1ccc2cccc-2o1. The lowest BCUT2D eigenvalue weighted by Crippen LogP contribution is -1.87. The van der Waals surface area contributed by atoms with Gasteiger partial charge in [-0.05, 0) is 18.2 Å². The molecule has 1 heteroatoms. The minimum Gasteiger partial charge on any atom is -0.461 e. The van der Waals surface area contributed by atoms with Gasteiger partial charge in [-0.15, -0.1) is 0 Å². The number of hydrogen-bond donors (Lipinski definition) is 0. The highest BCUT2D eigenvalue weighted by molar-refractivity contribution is 5.59. The Hall–Kier alpha value is -1.24. The van der Waals surface area contributed by atoms with Crippen molar-refractivity contribution in [2.45, 2.75) is 19.8 Å². The van der Waals surface area contributed by atoms with Crippen LogP contribution in [-0.2, 0) is 0 Å². The minimum absolute atomic E-state index is 0.462. The van der Waals surface area contributed by atoms with Crippen molar-refractivity contribution in [3.63, 3.8) is 0 Å². The fourth-order valence-electron chi connectivity index (χ4n) is 1.29. The Morgan fingerprint density at radius 3 is 2.67 bits per heavy atom. The van der Waals surface area contributed by atoms with Crippen molar-refractivity contribution in [2.75, 3.05) is 0 Å². The third-order valence-corrected chi connectivity index (χ3v) is 2.03. The number of fused-ring (bicyclic) bond motifs is 1. The standard InChI is InChI=1S/C11H12O/c1-8(2)10-7-6-9-4-3-5-11(9)12-10/h3-8H,1-2H3. The molecule has 0 atom stereocenters. The van der Waals surface area contributed by atoms with Crippen molar-refractivity contribution in [3.8, 4) is 11.3 Å². The minimum atomic E-state index is 0.462. The summed E-state index contributed by atoms with van der Waals surface area (Å²) in [6, 6.07) is 10.2. The second-order valence-electron chi connectivity index (χ2n) is 3.34. The van der Waals surface area contributed by atoms with Gasteiger partial charge in [0.15, 0.2) is 0 Å². The Kier molecular flexibility index (Phi) is 1.65. The van der Waals surface area contributed by atoms with E-state index in [-0.39, 0.29) is 0 Å². The molecule has 1 heterocycles. The summed E-state index contributed by atoms with van der Waals surface area (Å²) < 4.78 is 5.66. The van der Waals surface area contributed by atoms with Crippen LogP contribution in [0.25, 0.3) is 11.3 Å². The average molecular weight is 160 g/mol. The Labute approximate surface area is 72.4 Å². The van der Waals surface area contributed by atoms with E-state index < -0.39 is 0 Å². The summed E-state index contributed by atoms with van der Waals surface area (Å²) in [5.41, 5.74) is 1.18. The van der Waals surface area contributed by atoms with Gasteiger partial charge in [0.05, 0.1) is 0 Å². The molecule has 0 amide bonds. The molecule has 2 aliphatic rings. The van der Waals surface area contributed by atoms with Crippen LogP contribution in [0.1, 0.15) is 25.5 Å². The Morgan fingerprint density at radius 1 is 1.08 bits per heavy atom. The van der Waals surface area contributed by atoms with E-state index in [0.717, 1.165) is 11.5 Å². The fourth-order valence-corrected chi connectivity index (χ4v) is 1.29. The molecule has 62 valence electrons. The zero-order chi connectivity index (χ0) is 8.55. The van der Waals surface area contributed by atoms with Crippen LogP contribution in [0, 0.1) is 0 Å². The molecule has 1 aliphatic carbocycles. The molecular weight excluding hydrogens is 148 g/mol. The van der Waals surface area contributed by atoms with Gasteiger partial charge < -0.3 is 4.42 Å². The summed E-state index contributed by atoms with van der Waals surface area (Å²) >= 11 is 0. The second kappa shape index (κ2) is 2.67. The van der Waals surface area contributed by atoms with Crippen LogP contribution in [0.2, 0.25) is 0 Å². The van der Waals surface area contributed by atoms with Gasteiger partial charge in [0, 0.05) is 11.5 Å². The molecular formula is C11H12O. The van der Waals surface area contributed by atoms with E-state index in [1.54, 1.807) is 0 Å². The van der Waals surface area contributed by atoms with Gasteiger partial charge in [0.1, 0.15) is 11.5 Å². The fraction of sp³-hybridized carbons (Fsp3) is 0.273. The van der Waals surface area contributed by atoms with Crippen molar-refractivity contribution >= 4 is 0 Å². The topological polar surface area (TPSA) is 13.1 Å². The van der Waals surface area contributed by atoms with Gasteiger partial charge in [-0.1, -0.05) is 26.0 Å². The van der Waals surface area contributed by atoms with E-state index in [9.17, 15) is 0 Å². The average Bonchev–Trinajstić information content (AvgIpc) is 2.49. The molecule has 0 spiro atoms. The largest absolute Gasteiger partial charge is 0.461 e. The van der Waals surface area contributed by atoms with E-state index in [4.69, 9.17) is 4.42 Å². The summed E-state index contributed by atoms with van der Waals surface area (Å²) in [7, 11) is 0. The Balaban J connectivity index is 2.54. The summed E-state index contributed by atoms with van der Waals surface area (Å²) in [5.74, 6) is 2.50. The van der Waals surface area contributed by atoms with Crippen LogP contribution in [0.5, 0.6) is 0 Å². The van der Waals surface area contributed by atoms with Crippen LogP contribution < -0.4 is 0 Å². The first-order valence-electron chi connectivity index (χ1n) is 4.26. The van der Waals surface area contributed by atoms with Gasteiger partial charge in [-0.3, -0.25) is 0 Å². The van der Waals surface area contributed by atoms with E-state index in [2.05, 4.69) is 26.0 Å². The lowest BCUT2D eigenvalue weighted by molar-refractivity contribution is 0.483. The van der Waals surface area contributed by atoms with E-state index in [1.165, 1.54) is 5.56 Å². The lowest BCUT2D eigenvalue weighted by Gasteiger charge is -2.06. The van der Waals surface area contributed by atoms with Crippen LogP contribution in [0.15, 0.2) is 34.7 Å². The zero-order valence-corrected chi connectivity index (χ0v) is 7.37. The molecule has 12 heavy (non-hydrogen) atoms. The van der Waals surface area contributed by atoms with E-state index >= 15 is 0 Å². The number of rotatable bonds is 1. The highest BCUT2D eigenvalue weighted by Crippen LogP contribution is 2.26. The maximum absolute atomic E-state index is 5.66. The first kappa shape index (κ1) is 7.41. The van der Waals surface area contributed by atoms with Crippen LogP contribution in [0.4, 0.5) is 0 Å². The molecule has 0 aromatic carbocycles. The molecule has 1 aliphatic heterocycles. The van der Waals surface area contributed by atoms with Crippen molar-refractivity contribution in [1.82, 2.24) is 0 Å². The van der Waals surface area contributed by atoms with Gasteiger partial charge in [0.25, 0.3) is 0 Å². The van der Waals surface area contributed by atoms with Gasteiger partial charge >= 0.3 is 0 Å². The van der Waals surface area contributed by atoms with Crippen LogP contribution in [-0.4, -0.2) is 0 Å². The predicted molar refractivity (Wildman–Crippen MR) is 49.4 cm³/mol. The van der Waals surface area contributed by atoms with Crippen molar-refractivity contribution in [2.24, 2.45) is 0 Å². The molecule has 0 bridgehead atoms. The van der Waals surface area contributed by atoms with Gasteiger partial charge in [0.2, 0.25) is 0 Å². The molecule has 0 saturated heterocycles. The second-order valence-corrected chi connectivity index (χ2v) is 3.34.